The Morgan fingerprint density at radius 3 is 2.87 bits per heavy atom. The number of aromatic nitrogens is 1. The molecule has 0 bridgehead atoms. The third-order valence-corrected chi connectivity index (χ3v) is 7.54. The first-order chi connectivity index (χ1) is 14.4. The number of benzene rings is 1. The van der Waals surface area contributed by atoms with Gasteiger partial charge in [-0.05, 0) is 57.8 Å². The monoisotopic (exact) mass is 475 g/mol. The Morgan fingerprint density at radius 1 is 1.37 bits per heavy atom. The van der Waals surface area contributed by atoms with Crippen LogP contribution < -0.4 is 20.7 Å². The highest BCUT2D eigenvalue weighted by atomic mass is 35.5. The minimum atomic E-state index is -4.10. The molecule has 1 aromatic heterocycles. The lowest BCUT2D eigenvalue weighted by Gasteiger charge is -2.20. The van der Waals surface area contributed by atoms with Gasteiger partial charge in [0.15, 0.2) is 5.13 Å². The second-order valence-corrected chi connectivity index (χ2v) is 10.2. The summed E-state index contributed by atoms with van der Waals surface area (Å²) in [4.78, 5) is 3.34. The number of hydrogen-bond acceptors (Lipinski definition) is 7. The fourth-order valence-electron chi connectivity index (χ4n) is 3.40. The van der Waals surface area contributed by atoms with Crippen molar-refractivity contribution in [2.45, 2.75) is 49.6 Å². The molecule has 2 heterocycles. The van der Waals surface area contributed by atoms with E-state index in [9.17, 15) is 12.8 Å². The topological polar surface area (TPSA) is 95.1 Å². The lowest BCUT2D eigenvalue weighted by Crippen LogP contribution is -2.43. The number of halogens is 2. The Morgan fingerprint density at radius 2 is 2.17 bits per heavy atom. The minimum absolute atomic E-state index is 0.148. The fraction of sp³-hybridized carbons (Fsp3) is 0.526. The Hall–Kier alpha value is -1.46. The van der Waals surface area contributed by atoms with Crippen LogP contribution in [0.3, 0.4) is 0 Å². The fourth-order valence-corrected chi connectivity index (χ4v) is 5.57. The van der Waals surface area contributed by atoms with Gasteiger partial charge in [-0.25, -0.2) is 17.8 Å². The van der Waals surface area contributed by atoms with E-state index in [0.717, 1.165) is 49.4 Å². The van der Waals surface area contributed by atoms with E-state index < -0.39 is 20.7 Å². The largest absolute Gasteiger partial charge is 0.384 e. The van der Waals surface area contributed by atoms with Gasteiger partial charge in [-0.2, -0.15) is 0 Å². The maximum atomic E-state index is 14.5. The molecule has 1 unspecified atom stereocenters. The Kier molecular flexibility index (Phi) is 8.29. The second-order valence-electron chi connectivity index (χ2n) is 7.28. The molecule has 1 saturated heterocycles. The van der Waals surface area contributed by atoms with E-state index in [1.807, 2.05) is 0 Å². The van der Waals surface area contributed by atoms with Crippen LogP contribution in [-0.2, 0) is 10.0 Å². The van der Waals surface area contributed by atoms with Crippen LogP contribution in [0.1, 0.15) is 32.6 Å². The van der Waals surface area contributed by atoms with E-state index in [4.69, 9.17) is 11.6 Å². The van der Waals surface area contributed by atoms with Crippen LogP contribution in [0.15, 0.2) is 28.6 Å². The van der Waals surface area contributed by atoms with Gasteiger partial charge in [-0.3, -0.25) is 4.72 Å². The van der Waals surface area contributed by atoms with E-state index in [2.05, 4.69) is 32.6 Å². The molecule has 30 heavy (non-hydrogen) atoms. The van der Waals surface area contributed by atoms with Gasteiger partial charge in [0.25, 0.3) is 10.0 Å². The number of rotatable bonds is 11. The Labute approximate surface area is 185 Å². The van der Waals surface area contributed by atoms with Crippen molar-refractivity contribution in [3.63, 3.8) is 0 Å². The van der Waals surface area contributed by atoms with Gasteiger partial charge in [0.2, 0.25) is 0 Å². The highest BCUT2D eigenvalue weighted by molar-refractivity contribution is 7.93. The van der Waals surface area contributed by atoms with Gasteiger partial charge in [-0.15, -0.1) is 11.3 Å². The molecule has 7 nitrogen and oxygen atoms in total. The molecule has 0 saturated carbocycles. The summed E-state index contributed by atoms with van der Waals surface area (Å²) in [5.41, 5.74) is 0.374. The molecule has 0 spiro atoms. The van der Waals surface area contributed by atoms with Crippen molar-refractivity contribution in [3.8, 4) is 0 Å². The molecule has 11 heteroatoms. The molecule has 1 aliphatic rings. The van der Waals surface area contributed by atoms with Gasteiger partial charge in [0, 0.05) is 30.2 Å². The number of anilines is 2. The number of hydrogen-bond donors (Lipinski definition) is 4. The zero-order valence-corrected chi connectivity index (χ0v) is 19.1. The van der Waals surface area contributed by atoms with E-state index >= 15 is 0 Å². The molecular weight excluding hydrogens is 449 g/mol. The molecular formula is C19H27ClFN5O2S2. The number of sulfonamides is 1. The predicted molar refractivity (Wildman–Crippen MR) is 121 cm³/mol. The summed E-state index contributed by atoms with van der Waals surface area (Å²) < 4.78 is 41.5. The van der Waals surface area contributed by atoms with Crippen LogP contribution in [0.2, 0.25) is 5.02 Å². The average molecular weight is 476 g/mol. The predicted octanol–water partition coefficient (Wildman–Crippen LogP) is 3.66. The third kappa shape index (κ3) is 6.27. The zero-order chi connectivity index (χ0) is 21.6. The smallest absolute Gasteiger partial charge is 0.266 e. The van der Waals surface area contributed by atoms with E-state index in [1.165, 1.54) is 19.0 Å². The summed E-state index contributed by atoms with van der Waals surface area (Å²) >= 11 is 7.30. The first-order valence-electron chi connectivity index (χ1n) is 9.99. The average Bonchev–Trinajstić information content (AvgIpc) is 3.40. The highest BCUT2D eigenvalue weighted by Gasteiger charge is 2.22. The first kappa shape index (κ1) is 23.2. The van der Waals surface area contributed by atoms with Crippen molar-refractivity contribution in [3.05, 3.63) is 34.5 Å². The second kappa shape index (κ2) is 10.7. The van der Waals surface area contributed by atoms with Gasteiger partial charge < -0.3 is 16.0 Å². The van der Waals surface area contributed by atoms with Crippen LogP contribution in [0, 0.1) is 5.82 Å². The Bertz CT molecular complexity index is 921. The number of thiazole rings is 1. The zero-order valence-electron chi connectivity index (χ0n) is 16.7. The number of nitrogens with one attached hydrogen (secondary N) is 4. The summed E-state index contributed by atoms with van der Waals surface area (Å²) in [6, 6.07) is 3.22. The summed E-state index contributed by atoms with van der Waals surface area (Å²) in [6.45, 7) is 4.81. The molecule has 2 atom stereocenters. The van der Waals surface area contributed by atoms with Crippen molar-refractivity contribution in [1.29, 1.82) is 0 Å². The maximum Gasteiger partial charge on any atom is 0.266 e. The summed E-state index contributed by atoms with van der Waals surface area (Å²) in [7, 11) is -4.10. The molecule has 2 aromatic rings. The normalized spacial score (nSPS) is 17.8. The number of nitrogens with zero attached hydrogens (tertiary/aromatic N) is 1. The third-order valence-electron chi connectivity index (χ3n) is 5.05. The molecule has 1 fully saturated rings. The quantitative estimate of drug-likeness (QED) is 0.370. The van der Waals surface area contributed by atoms with Crippen molar-refractivity contribution < 1.29 is 12.8 Å². The van der Waals surface area contributed by atoms with Crippen LogP contribution in [-0.4, -0.2) is 45.1 Å². The molecule has 0 aliphatic carbocycles. The van der Waals surface area contributed by atoms with Crippen molar-refractivity contribution in [2.75, 3.05) is 29.7 Å². The minimum Gasteiger partial charge on any atom is -0.384 e. The highest BCUT2D eigenvalue weighted by Crippen LogP contribution is 2.29. The van der Waals surface area contributed by atoms with Gasteiger partial charge >= 0.3 is 0 Å². The standard InChI is InChI=1S/C19H27ClFN5O2S2/c1-13(16-5-4-8-23-16)22-6-2-3-7-24-17-12-15(21)18(11-14(17)20)30(27,28)26-19-25-9-10-29-19/h9-13,16,22-24H,2-8H2,1H3,(H,25,26)/t13?,16-/m0/s1. The first-order valence-corrected chi connectivity index (χ1v) is 12.7. The molecule has 166 valence electrons. The molecule has 0 amide bonds. The Balaban J connectivity index is 1.47. The van der Waals surface area contributed by atoms with Gasteiger partial charge in [0.1, 0.15) is 10.7 Å². The van der Waals surface area contributed by atoms with Crippen molar-refractivity contribution in [1.82, 2.24) is 15.6 Å². The summed E-state index contributed by atoms with van der Waals surface area (Å²) in [5, 5.41) is 12.0. The van der Waals surface area contributed by atoms with E-state index in [0.29, 0.717) is 24.3 Å². The molecule has 0 radical (unpaired) electrons. The number of unbranched alkanes of at least 4 members (excludes halogenated alkanes) is 1. The van der Waals surface area contributed by atoms with Crippen LogP contribution in [0.5, 0.6) is 0 Å². The molecule has 4 N–H and O–H groups in total. The van der Waals surface area contributed by atoms with Crippen molar-refractivity contribution in [2.24, 2.45) is 0 Å². The van der Waals surface area contributed by atoms with E-state index in [1.54, 1.807) is 5.38 Å². The van der Waals surface area contributed by atoms with Crippen LogP contribution in [0.25, 0.3) is 0 Å². The van der Waals surface area contributed by atoms with E-state index in [-0.39, 0.29) is 10.2 Å². The van der Waals surface area contributed by atoms with Gasteiger partial charge in [-0.1, -0.05) is 11.6 Å². The molecule has 3 rings (SSSR count). The lowest BCUT2D eigenvalue weighted by molar-refractivity contribution is 0.422. The molecule has 1 aromatic carbocycles. The maximum absolute atomic E-state index is 14.5. The van der Waals surface area contributed by atoms with Crippen molar-refractivity contribution >= 4 is 43.8 Å². The molecule has 1 aliphatic heterocycles. The van der Waals surface area contributed by atoms with Crippen LogP contribution in [0.4, 0.5) is 15.2 Å². The summed E-state index contributed by atoms with van der Waals surface area (Å²) in [5.74, 6) is -0.870. The lowest BCUT2D eigenvalue weighted by atomic mass is 10.1. The van der Waals surface area contributed by atoms with Crippen LogP contribution >= 0.6 is 22.9 Å². The van der Waals surface area contributed by atoms with Gasteiger partial charge in [0.05, 0.1) is 10.7 Å². The summed E-state index contributed by atoms with van der Waals surface area (Å²) in [6.07, 6.45) is 5.75. The SMILES string of the molecule is CC(NCCCCNc1cc(F)c(S(=O)(=O)Nc2nccs2)cc1Cl)[C@@H]1CCCN1.